The summed E-state index contributed by atoms with van der Waals surface area (Å²) < 4.78 is 25.1. The van der Waals surface area contributed by atoms with Crippen molar-refractivity contribution in [1.82, 2.24) is 20.0 Å². The van der Waals surface area contributed by atoms with E-state index in [9.17, 15) is 18.8 Å². The van der Waals surface area contributed by atoms with Crippen LogP contribution in [0.3, 0.4) is 0 Å². The molecule has 0 radical (unpaired) electrons. The molecular weight excluding hydrogens is 419 g/mol. The number of nitrogens with zero attached hydrogens (tertiary/aromatic N) is 3. The molecule has 2 heterocycles. The van der Waals surface area contributed by atoms with Crippen molar-refractivity contribution in [2.24, 2.45) is 0 Å². The lowest BCUT2D eigenvalue weighted by molar-refractivity contribution is -0.136. The van der Waals surface area contributed by atoms with Gasteiger partial charge >= 0.3 is 0 Å². The Bertz CT molecular complexity index is 1220. The summed E-state index contributed by atoms with van der Waals surface area (Å²) in [5.74, 6) is -0.990. The summed E-state index contributed by atoms with van der Waals surface area (Å²) in [4.78, 5) is 39.9. The van der Waals surface area contributed by atoms with Gasteiger partial charge in [-0.3, -0.25) is 14.4 Å². The third-order valence-electron chi connectivity index (χ3n) is 5.23. The third-order valence-corrected chi connectivity index (χ3v) is 5.23. The van der Waals surface area contributed by atoms with Gasteiger partial charge in [0.25, 0.3) is 11.5 Å². The second-order valence-electron chi connectivity index (χ2n) is 7.25. The Balaban J connectivity index is 1.53. The minimum Gasteiger partial charge on any atom is -0.437 e. The van der Waals surface area contributed by atoms with Crippen LogP contribution < -0.4 is 10.3 Å². The largest absolute Gasteiger partial charge is 0.437 e. The van der Waals surface area contributed by atoms with Crippen LogP contribution in [0.2, 0.25) is 0 Å². The molecule has 2 aromatic carbocycles. The molecule has 166 valence electrons. The van der Waals surface area contributed by atoms with Crippen LogP contribution in [0.5, 0.6) is 11.6 Å². The van der Waals surface area contributed by atoms with Gasteiger partial charge in [0, 0.05) is 33.3 Å². The molecule has 3 aromatic rings. The van der Waals surface area contributed by atoms with E-state index < -0.39 is 11.7 Å². The van der Waals surface area contributed by atoms with E-state index >= 15 is 0 Å². The summed E-state index contributed by atoms with van der Waals surface area (Å²) in [5, 5.41) is 7.19. The molecule has 0 spiro atoms. The summed E-state index contributed by atoms with van der Waals surface area (Å²) in [5.41, 5.74) is -0.501. The van der Waals surface area contributed by atoms with E-state index in [4.69, 9.17) is 9.47 Å². The van der Waals surface area contributed by atoms with E-state index in [1.165, 1.54) is 24.1 Å². The predicted octanol–water partition coefficient (Wildman–Crippen LogP) is 1.79. The number of hydrogen-bond acceptors (Lipinski definition) is 6. The smallest absolute Gasteiger partial charge is 0.272 e. The summed E-state index contributed by atoms with van der Waals surface area (Å²) in [6.45, 7) is 1.24. The van der Waals surface area contributed by atoms with E-state index in [1.807, 2.05) is 0 Å². The van der Waals surface area contributed by atoms with Crippen LogP contribution in [0.15, 0.2) is 47.3 Å². The van der Waals surface area contributed by atoms with Gasteiger partial charge in [-0.2, -0.15) is 0 Å². The molecule has 1 aliphatic rings. The van der Waals surface area contributed by atoms with Gasteiger partial charge in [0.2, 0.25) is 11.8 Å². The number of carbonyl (C=O) groups excluding carboxylic acids is 2. The molecule has 1 fully saturated rings. The lowest BCUT2D eigenvalue weighted by Crippen LogP contribution is -2.51. The predicted molar refractivity (Wildman–Crippen MR) is 113 cm³/mol. The van der Waals surface area contributed by atoms with Crippen molar-refractivity contribution >= 4 is 22.6 Å². The highest BCUT2D eigenvalue weighted by Gasteiger charge is 2.26. The van der Waals surface area contributed by atoms with Crippen LogP contribution in [-0.2, 0) is 9.53 Å². The molecule has 2 amide bonds. The molecule has 4 rings (SSSR count). The number of carbonyl (C=O) groups is 2. The second kappa shape index (κ2) is 9.15. The number of methoxy groups -OCH3 is 1. The van der Waals surface area contributed by atoms with Crippen molar-refractivity contribution < 1.29 is 23.5 Å². The highest BCUT2D eigenvalue weighted by Crippen LogP contribution is 2.27. The first kappa shape index (κ1) is 21.4. The Morgan fingerprint density at radius 1 is 1.06 bits per heavy atom. The van der Waals surface area contributed by atoms with E-state index in [0.29, 0.717) is 23.9 Å². The SMILES string of the molecule is COCC(=O)N1CCN(C(=O)c2cc(Oc3n[nH]c(=O)c4ccccc34)ccc2F)CC1. The van der Waals surface area contributed by atoms with Gasteiger partial charge in [-0.1, -0.05) is 12.1 Å². The van der Waals surface area contributed by atoms with Crippen LogP contribution in [0.4, 0.5) is 4.39 Å². The number of rotatable bonds is 5. The zero-order valence-corrected chi connectivity index (χ0v) is 17.3. The van der Waals surface area contributed by atoms with Gasteiger partial charge in [-0.15, -0.1) is 5.10 Å². The van der Waals surface area contributed by atoms with Crippen LogP contribution in [0.25, 0.3) is 10.8 Å². The van der Waals surface area contributed by atoms with E-state index in [1.54, 1.807) is 29.2 Å². The molecule has 1 N–H and O–H groups in total. The van der Waals surface area contributed by atoms with Crippen LogP contribution in [0.1, 0.15) is 10.4 Å². The molecule has 1 aromatic heterocycles. The van der Waals surface area contributed by atoms with E-state index in [-0.39, 0.29) is 48.4 Å². The zero-order valence-electron chi connectivity index (χ0n) is 17.3. The molecule has 1 aliphatic heterocycles. The molecule has 0 atom stereocenters. The molecule has 0 bridgehead atoms. The standard InChI is InChI=1S/C22H21FN4O5/c1-31-13-19(28)26-8-10-27(11-9-26)22(30)17-12-14(6-7-18(17)23)32-21-16-5-3-2-4-15(16)20(29)24-25-21/h2-7,12H,8-11,13H2,1H3,(H,24,29). The molecule has 9 nitrogen and oxygen atoms in total. The number of H-pyrrole nitrogens is 1. The second-order valence-corrected chi connectivity index (χ2v) is 7.25. The topological polar surface area (TPSA) is 105 Å². The highest BCUT2D eigenvalue weighted by molar-refractivity contribution is 5.95. The first-order valence-corrected chi connectivity index (χ1v) is 9.98. The van der Waals surface area contributed by atoms with Crippen LogP contribution in [0, 0.1) is 5.82 Å². The van der Waals surface area contributed by atoms with Gasteiger partial charge in [-0.05, 0) is 30.3 Å². The highest BCUT2D eigenvalue weighted by atomic mass is 19.1. The number of aromatic nitrogens is 2. The maximum absolute atomic E-state index is 14.5. The maximum atomic E-state index is 14.5. The number of ether oxygens (including phenoxy) is 2. The Hall–Kier alpha value is -3.79. The fraction of sp³-hybridized carbons (Fsp3) is 0.273. The molecule has 0 saturated carbocycles. The minimum atomic E-state index is -0.681. The number of aromatic amines is 1. The minimum absolute atomic E-state index is 0.0184. The summed E-state index contributed by atoms with van der Waals surface area (Å²) in [6.07, 6.45) is 0. The number of halogens is 1. The Morgan fingerprint density at radius 3 is 2.47 bits per heavy atom. The molecular formula is C22H21FN4O5. The summed E-state index contributed by atoms with van der Waals surface area (Å²) >= 11 is 0. The fourth-order valence-electron chi connectivity index (χ4n) is 3.55. The zero-order chi connectivity index (χ0) is 22.7. The number of amides is 2. The molecule has 10 heteroatoms. The van der Waals surface area contributed by atoms with Gasteiger partial charge in [0.05, 0.1) is 16.3 Å². The van der Waals surface area contributed by atoms with Gasteiger partial charge in [-0.25, -0.2) is 9.49 Å². The van der Waals surface area contributed by atoms with Crippen molar-refractivity contribution in [2.45, 2.75) is 0 Å². The van der Waals surface area contributed by atoms with Crippen LogP contribution >= 0.6 is 0 Å². The van der Waals surface area contributed by atoms with Crippen molar-refractivity contribution in [3.8, 4) is 11.6 Å². The number of fused-ring (bicyclic) bond motifs is 1. The first-order chi connectivity index (χ1) is 15.5. The Morgan fingerprint density at radius 2 is 1.75 bits per heavy atom. The van der Waals surface area contributed by atoms with Gasteiger partial charge in [0.15, 0.2) is 0 Å². The van der Waals surface area contributed by atoms with Crippen molar-refractivity contribution in [3.63, 3.8) is 0 Å². The fourth-order valence-corrected chi connectivity index (χ4v) is 3.55. The number of hydrogen-bond donors (Lipinski definition) is 1. The number of piperazine rings is 1. The molecule has 0 unspecified atom stereocenters. The van der Waals surface area contributed by atoms with Gasteiger partial charge < -0.3 is 19.3 Å². The third kappa shape index (κ3) is 4.30. The lowest BCUT2D eigenvalue weighted by Gasteiger charge is -2.34. The van der Waals surface area contributed by atoms with Crippen molar-refractivity contribution in [3.05, 3.63) is 64.2 Å². The number of benzene rings is 2. The van der Waals surface area contributed by atoms with Crippen molar-refractivity contribution in [1.29, 1.82) is 0 Å². The normalized spacial score (nSPS) is 13.9. The molecule has 0 aliphatic carbocycles. The summed E-state index contributed by atoms with van der Waals surface area (Å²) in [6, 6.07) is 10.6. The molecule has 1 saturated heterocycles. The van der Waals surface area contributed by atoms with E-state index in [0.717, 1.165) is 6.07 Å². The Kier molecular flexibility index (Phi) is 6.13. The average molecular weight is 440 g/mol. The number of nitrogens with one attached hydrogen (secondary N) is 1. The van der Waals surface area contributed by atoms with Crippen molar-refractivity contribution in [2.75, 3.05) is 39.9 Å². The van der Waals surface area contributed by atoms with E-state index in [2.05, 4.69) is 10.2 Å². The average Bonchev–Trinajstić information content (AvgIpc) is 2.82. The quantitative estimate of drug-likeness (QED) is 0.649. The lowest BCUT2D eigenvalue weighted by atomic mass is 10.1. The summed E-state index contributed by atoms with van der Waals surface area (Å²) in [7, 11) is 1.45. The van der Waals surface area contributed by atoms with Crippen LogP contribution in [-0.4, -0.2) is 71.7 Å². The Labute approximate surface area is 182 Å². The maximum Gasteiger partial charge on any atom is 0.272 e. The van der Waals surface area contributed by atoms with Gasteiger partial charge in [0.1, 0.15) is 18.2 Å². The first-order valence-electron chi connectivity index (χ1n) is 9.98. The molecule has 32 heavy (non-hydrogen) atoms. The monoisotopic (exact) mass is 440 g/mol.